The first-order valence-corrected chi connectivity index (χ1v) is 9.14. The molecule has 24 heavy (non-hydrogen) atoms. The van der Waals surface area contributed by atoms with Crippen LogP contribution in [0.15, 0.2) is 18.2 Å². The number of hydrogen-bond acceptors (Lipinski definition) is 3. The number of piperidine rings is 1. The zero-order chi connectivity index (χ0) is 16.9. The molecule has 1 aromatic carbocycles. The fraction of sp³-hybridized carbons (Fsp3) is 0.632. The number of amides is 1. The fourth-order valence-corrected chi connectivity index (χ4v) is 3.61. The number of carbonyl (C=O) groups excluding carboxylic acids is 1. The molecule has 1 N–H and O–H groups in total. The molecule has 2 heterocycles. The monoisotopic (exact) mass is 333 g/mol. The van der Waals surface area contributed by atoms with E-state index < -0.39 is 0 Å². The second-order valence-electron chi connectivity index (χ2n) is 7.00. The van der Waals surface area contributed by atoms with E-state index in [-0.39, 0.29) is 5.92 Å². The molecule has 3 rings (SSSR count). The van der Waals surface area contributed by atoms with Crippen molar-refractivity contribution in [3.05, 3.63) is 23.8 Å². The van der Waals surface area contributed by atoms with E-state index in [1.165, 1.54) is 5.56 Å². The molecule has 2 aliphatic heterocycles. The summed E-state index contributed by atoms with van der Waals surface area (Å²) in [5.41, 5.74) is 1.28. The third-order valence-corrected chi connectivity index (χ3v) is 5.16. The van der Waals surface area contributed by atoms with Gasteiger partial charge in [-0.15, -0.1) is 0 Å². The molecule has 0 unspecified atom stereocenters. The molecule has 1 amide bonds. The number of nitrogens with one attached hydrogen (secondary N) is 1. The maximum absolute atomic E-state index is 12.5. The number of rotatable bonds is 6. The topological polar surface area (TPSA) is 43.2 Å². The van der Waals surface area contributed by atoms with E-state index in [4.69, 9.17) is 9.47 Å². The molecule has 1 fully saturated rings. The van der Waals surface area contributed by atoms with Crippen LogP contribution in [-0.4, -0.2) is 44.3 Å². The predicted molar refractivity (Wildman–Crippen MR) is 92.2 cm³/mol. The van der Waals surface area contributed by atoms with Crippen LogP contribution in [-0.2, 0) is 11.3 Å². The molecule has 0 atom stereocenters. The molecule has 5 heteroatoms. The number of nitrogens with zero attached hydrogens (tertiary/aromatic N) is 1. The number of hydrogen-bond donors (Lipinski definition) is 1. The van der Waals surface area contributed by atoms with E-state index in [9.17, 15) is 4.79 Å². The number of likely N-dealkylation sites (tertiary alicyclic amines) is 1. The predicted octanol–water partition coefficient (Wildman–Crippen LogP) is 1.47. The minimum atomic E-state index is 0.215. The van der Waals surface area contributed by atoms with Gasteiger partial charge in [-0.3, -0.25) is 4.79 Å². The van der Waals surface area contributed by atoms with Gasteiger partial charge in [0.25, 0.3) is 0 Å². The number of quaternary nitrogens is 1. The standard InChI is InChI=1S/C19H28N2O3/c1-3-4-9-20(2)19(22)16-7-10-21(11-8-16)13-15-5-6-17-18(12-15)24-14-23-17/h5-6,12,16H,3-4,7-11,13-14H2,1-2H3/p+1. The van der Waals surface area contributed by atoms with Crippen molar-refractivity contribution >= 4 is 5.91 Å². The first kappa shape index (κ1) is 17.1. The van der Waals surface area contributed by atoms with E-state index >= 15 is 0 Å². The Bertz CT molecular complexity index is 568. The SMILES string of the molecule is CCCCN(C)C(=O)C1CC[NH+](Cc2ccc3c(c2)OCO3)CC1. The Morgan fingerprint density at radius 1 is 1.25 bits per heavy atom. The Morgan fingerprint density at radius 2 is 2.00 bits per heavy atom. The molecule has 1 saturated heterocycles. The largest absolute Gasteiger partial charge is 0.454 e. The van der Waals surface area contributed by atoms with Gasteiger partial charge in [-0.25, -0.2) is 0 Å². The Kier molecular flexibility index (Phi) is 5.61. The highest BCUT2D eigenvalue weighted by Crippen LogP contribution is 2.32. The van der Waals surface area contributed by atoms with Crippen molar-refractivity contribution in [2.75, 3.05) is 33.5 Å². The normalized spacial score (nSPS) is 22.4. The lowest BCUT2D eigenvalue weighted by atomic mass is 9.95. The van der Waals surface area contributed by atoms with Gasteiger partial charge in [0.15, 0.2) is 11.5 Å². The van der Waals surface area contributed by atoms with Crippen molar-refractivity contribution in [3.8, 4) is 11.5 Å². The van der Waals surface area contributed by atoms with Crippen molar-refractivity contribution < 1.29 is 19.2 Å². The number of fused-ring (bicyclic) bond motifs is 1. The minimum Gasteiger partial charge on any atom is -0.454 e. The van der Waals surface area contributed by atoms with Crippen LogP contribution in [0.25, 0.3) is 0 Å². The van der Waals surface area contributed by atoms with E-state index in [1.807, 2.05) is 18.0 Å². The first-order valence-electron chi connectivity index (χ1n) is 9.14. The number of carbonyl (C=O) groups is 1. The summed E-state index contributed by atoms with van der Waals surface area (Å²) in [6.07, 6.45) is 4.22. The van der Waals surface area contributed by atoms with Crippen LogP contribution < -0.4 is 14.4 Å². The minimum absolute atomic E-state index is 0.215. The molecule has 0 aliphatic carbocycles. The summed E-state index contributed by atoms with van der Waals surface area (Å²) in [4.78, 5) is 16.0. The highest BCUT2D eigenvalue weighted by molar-refractivity contribution is 5.78. The Balaban J connectivity index is 1.47. The van der Waals surface area contributed by atoms with Gasteiger partial charge < -0.3 is 19.3 Å². The smallest absolute Gasteiger partial charge is 0.231 e. The third kappa shape index (κ3) is 4.01. The molecule has 132 valence electrons. The number of unbranched alkanes of at least 4 members (excludes halogenated alkanes) is 1. The van der Waals surface area contributed by atoms with Crippen molar-refractivity contribution in [1.29, 1.82) is 0 Å². The molecule has 5 nitrogen and oxygen atoms in total. The molecular weight excluding hydrogens is 304 g/mol. The molecule has 0 saturated carbocycles. The molecule has 0 aromatic heterocycles. The van der Waals surface area contributed by atoms with Gasteiger partial charge in [-0.2, -0.15) is 0 Å². The summed E-state index contributed by atoms with van der Waals surface area (Å²) in [5, 5.41) is 0. The summed E-state index contributed by atoms with van der Waals surface area (Å²) in [5.74, 6) is 2.25. The molecule has 0 radical (unpaired) electrons. The van der Waals surface area contributed by atoms with Gasteiger partial charge in [0.2, 0.25) is 12.7 Å². The summed E-state index contributed by atoms with van der Waals surface area (Å²) in [6, 6.07) is 6.21. The number of ether oxygens (including phenoxy) is 2. The lowest BCUT2D eigenvalue weighted by molar-refractivity contribution is -0.919. The zero-order valence-corrected chi connectivity index (χ0v) is 14.8. The highest BCUT2D eigenvalue weighted by Gasteiger charge is 2.29. The van der Waals surface area contributed by atoms with E-state index in [2.05, 4.69) is 19.1 Å². The third-order valence-electron chi connectivity index (χ3n) is 5.16. The van der Waals surface area contributed by atoms with Crippen molar-refractivity contribution in [3.63, 3.8) is 0 Å². The Morgan fingerprint density at radius 3 is 2.75 bits per heavy atom. The average molecular weight is 333 g/mol. The van der Waals surface area contributed by atoms with Crippen LogP contribution >= 0.6 is 0 Å². The number of benzene rings is 1. The van der Waals surface area contributed by atoms with E-state index in [1.54, 1.807) is 4.90 Å². The van der Waals surface area contributed by atoms with Crippen LogP contribution in [0, 0.1) is 5.92 Å². The quantitative estimate of drug-likeness (QED) is 0.857. The van der Waals surface area contributed by atoms with Gasteiger partial charge >= 0.3 is 0 Å². The van der Waals surface area contributed by atoms with Crippen molar-refractivity contribution in [2.45, 2.75) is 39.2 Å². The van der Waals surface area contributed by atoms with Gasteiger partial charge in [-0.05, 0) is 24.6 Å². The Labute approximate surface area is 144 Å². The molecule has 2 aliphatic rings. The molecular formula is C19H29N2O3+. The van der Waals surface area contributed by atoms with Crippen molar-refractivity contribution in [2.24, 2.45) is 5.92 Å². The second kappa shape index (κ2) is 7.88. The van der Waals surface area contributed by atoms with Crippen LogP contribution in [0.2, 0.25) is 0 Å². The zero-order valence-electron chi connectivity index (χ0n) is 14.8. The average Bonchev–Trinajstić information content (AvgIpc) is 3.07. The van der Waals surface area contributed by atoms with E-state index in [0.717, 1.165) is 63.4 Å². The summed E-state index contributed by atoms with van der Waals surface area (Å²) >= 11 is 0. The van der Waals surface area contributed by atoms with Crippen LogP contribution in [0.4, 0.5) is 0 Å². The van der Waals surface area contributed by atoms with Gasteiger partial charge in [0.1, 0.15) is 6.54 Å². The van der Waals surface area contributed by atoms with Crippen LogP contribution in [0.1, 0.15) is 38.2 Å². The molecule has 1 aromatic rings. The highest BCUT2D eigenvalue weighted by atomic mass is 16.7. The summed E-state index contributed by atoms with van der Waals surface area (Å²) in [7, 11) is 1.95. The summed E-state index contributed by atoms with van der Waals surface area (Å²) in [6.45, 7) is 6.49. The maximum atomic E-state index is 12.5. The molecule has 0 spiro atoms. The second-order valence-corrected chi connectivity index (χ2v) is 7.00. The van der Waals surface area contributed by atoms with Crippen molar-refractivity contribution in [1.82, 2.24) is 4.90 Å². The van der Waals surface area contributed by atoms with E-state index in [0.29, 0.717) is 12.7 Å². The maximum Gasteiger partial charge on any atom is 0.231 e. The first-order chi connectivity index (χ1) is 11.7. The lowest BCUT2D eigenvalue weighted by Crippen LogP contribution is -3.11. The van der Waals surface area contributed by atoms with Gasteiger partial charge in [-0.1, -0.05) is 13.3 Å². The lowest BCUT2D eigenvalue weighted by Gasteiger charge is -2.31. The van der Waals surface area contributed by atoms with Crippen LogP contribution in [0.3, 0.4) is 0 Å². The van der Waals surface area contributed by atoms with Gasteiger partial charge in [0, 0.05) is 37.9 Å². The summed E-state index contributed by atoms with van der Waals surface area (Å²) < 4.78 is 10.8. The Hall–Kier alpha value is -1.75. The molecule has 0 bridgehead atoms. The van der Waals surface area contributed by atoms with Gasteiger partial charge in [0.05, 0.1) is 13.1 Å². The van der Waals surface area contributed by atoms with Crippen LogP contribution in [0.5, 0.6) is 11.5 Å². The fourth-order valence-electron chi connectivity index (χ4n) is 3.61.